The van der Waals surface area contributed by atoms with E-state index in [9.17, 15) is 4.79 Å². The molecular formula is C11H14O4. The summed E-state index contributed by atoms with van der Waals surface area (Å²) >= 11 is 0. The van der Waals surface area contributed by atoms with Gasteiger partial charge in [-0.1, -0.05) is 0 Å². The van der Waals surface area contributed by atoms with Crippen molar-refractivity contribution in [3.05, 3.63) is 29.3 Å². The average molecular weight is 210 g/mol. The van der Waals surface area contributed by atoms with E-state index in [0.717, 1.165) is 5.56 Å². The van der Waals surface area contributed by atoms with Crippen LogP contribution in [0.25, 0.3) is 0 Å². The Labute approximate surface area is 88.8 Å². The van der Waals surface area contributed by atoms with Gasteiger partial charge in [0.1, 0.15) is 5.75 Å². The summed E-state index contributed by atoms with van der Waals surface area (Å²) < 4.78 is 14.7. The van der Waals surface area contributed by atoms with Crippen molar-refractivity contribution in [2.24, 2.45) is 0 Å². The summed E-state index contributed by atoms with van der Waals surface area (Å²) in [5.41, 5.74) is 1.33. The standard InChI is InChI=1S/C11H14O4/c1-13-7-8-4-9(11(12)15-3)6-10(5-8)14-2/h4-6H,7H2,1-3H3. The van der Waals surface area contributed by atoms with E-state index in [2.05, 4.69) is 4.74 Å². The van der Waals surface area contributed by atoms with Crippen molar-refractivity contribution < 1.29 is 19.0 Å². The molecule has 0 amide bonds. The highest BCUT2D eigenvalue weighted by Gasteiger charge is 2.08. The summed E-state index contributed by atoms with van der Waals surface area (Å²) in [4.78, 5) is 11.3. The maximum atomic E-state index is 11.3. The van der Waals surface area contributed by atoms with Crippen molar-refractivity contribution in [2.45, 2.75) is 6.61 Å². The number of ether oxygens (including phenoxy) is 3. The van der Waals surface area contributed by atoms with Crippen molar-refractivity contribution in [1.29, 1.82) is 0 Å². The van der Waals surface area contributed by atoms with Gasteiger partial charge in [0, 0.05) is 7.11 Å². The van der Waals surface area contributed by atoms with Crippen LogP contribution in [0.3, 0.4) is 0 Å². The highest BCUT2D eigenvalue weighted by atomic mass is 16.5. The maximum Gasteiger partial charge on any atom is 0.337 e. The fourth-order valence-electron chi connectivity index (χ4n) is 1.26. The molecule has 0 aliphatic carbocycles. The van der Waals surface area contributed by atoms with Gasteiger partial charge in [-0.2, -0.15) is 0 Å². The molecule has 0 spiro atoms. The van der Waals surface area contributed by atoms with E-state index < -0.39 is 0 Å². The van der Waals surface area contributed by atoms with Crippen molar-refractivity contribution >= 4 is 5.97 Å². The van der Waals surface area contributed by atoms with Crippen LogP contribution in [0, 0.1) is 0 Å². The first-order valence-electron chi connectivity index (χ1n) is 4.46. The second-order valence-corrected chi connectivity index (χ2v) is 2.99. The number of rotatable bonds is 4. The Hall–Kier alpha value is -1.55. The molecule has 1 aromatic carbocycles. The van der Waals surface area contributed by atoms with Gasteiger partial charge in [-0.3, -0.25) is 0 Å². The molecule has 0 N–H and O–H groups in total. The summed E-state index contributed by atoms with van der Waals surface area (Å²) in [5.74, 6) is 0.233. The Bertz CT molecular complexity index is 346. The van der Waals surface area contributed by atoms with Gasteiger partial charge in [0.15, 0.2) is 0 Å². The predicted octanol–water partition coefficient (Wildman–Crippen LogP) is 1.63. The number of carbonyl (C=O) groups excluding carboxylic acids is 1. The van der Waals surface area contributed by atoms with E-state index in [1.165, 1.54) is 7.11 Å². The number of hydrogen-bond acceptors (Lipinski definition) is 4. The van der Waals surface area contributed by atoms with Crippen LogP contribution in [0.1, 0.15) is 15.9 Å². The van der Waals surface area contributed by atoms with E-state index in [0.29, 0.717) is 17.9 Å². The molecule has 0 saturated carbocycles. The summed E-state index contributed by atoms with van der Waals surface area (Å²) in [6, 6.07) is 5.17. The molecule has 82 valence electrons. The van der Waals surface area contributed by atoms with Gasteiger partial charge in [-0.05, 0) is 23.8 Å². The Kier molecular flexibility index (Phi) is 4.12. The van der Waals surface area contributed by atoms with Crippen molar-refractivity contribution in [3.63, 3.8) is 0 Å². The Morgan fingerprint density at radius 3 is 2.47 bits per heavy atom. The van der Waals surface area contributed by atoms with Crippen LogP contribution >= 0.6 is 0 Å². The lowest BCUT2D eigenvalue weighted by atomic mass is 10.1. The molecule has 1 rings (SSSR count). The zero-order chi connectivity index (χ0) is 11.3. The van der Waals surface area contributed by atoms with Gasteiger partial charge in [-0.15, -0.1) is 0 Å². The third-order valence-corrected chi connectivity index (χ3v) is 1.93. The summed E-state index contributed by atoms with van der Waals surface area (Å²) in [5, 5.41) is 0. The molecule has 0 saturated heterocycles. The van der Waals surface area contributed by atoms with Crippen LogP contribution < -0.4 is 4.74 Å². The average Bonchev–Trinajstić information content (AvgIpc) is 2.28. The van der Waals surface area contributed by atoms with Gasteiger partial charge < -0.3 is 14.2 Å². The zero-order valence-electron chi connectivity index (χ0n) is 9.07. The highest BCUT2D eigenvalue weighted by Crippen LogP contribution is 2.18. The van der Waals surface area contributed by atoms with Gasteiger partial charge in [-0.25, -0.2) is 4.79 Å². The fourth-order valence-corrected chi connectivity index (χ4v) is 1.26. The minimum atomic E-state index is -0.383. The summed E-state index contributed by atoms with van der Waals surface area (Å²) in [6.45, 7) is 0.432. The highest BCUT2D eigenvalue weighted by molar-refractivity contribution is 5.90. The third-order valence-electron chi connectivity index (χ3n) is 1.93. The lowest BCUT2D eigenvalue weighted by molar-refractivity contribution is 0.0600. The lowest BCUT2D eigenvalue weighted by Gasteiger charge is -2.07. The van der Waals surface area contributed by atoms with Crippen LogP contribution in [0.5, 0.6) is 5.75 Å². The fraction of sp³-hybridized carbons (Fsp3) is 0.364. The minimum absolute atomic E-state index is 0.383. The van der Waals surface area contributed by atoms with E-state index in [-0.39, 0.29) is 5.97 Å². The first-order chi connectivity index (χ1) is 7.21. The Morgan fingerprint density at radius 2 is 1.93 bits per heavy atom. The van der Waals surface area contributed by atoms with Crippen molar-refractivity contribution in [1.82, 2.24) is 0 Å². The number of carbonyl (C=O) groups is 1. The topological polar surface area (TPSA) is 44.8 Å². The van der Waals surface area contributed by atoms with Gasteiger partial charge in [0.2, 0.25) is 0 Å². The van der Waals surface area contributed by atoms with Gasteiger partial charge in [0.25, 0.3) is 0 Å². The lowest BCUT2D eigenvalue weighted by Crippen LogP contribution is -2.03. The molecule has 0 bridgehead atoms. The summed E-state index contributed by atoms with van der Waals surface area (Å²) in [6.07, 6.45) is 0. The second-order valence-electron chi connectivity index (χ2n) is 2.99. The van der Waals surface area contributed by atoms with Crippen LogP contribution in [0.15, 0.2) is 18.2 Å². The van der Waals surface area contributed by atoms with E-state index in [4.69, 9.17) is 9.47 Å². The minimum Gasteiger partial charge on any atom is -0.497 e. The molecule has 1 aromatic rings. The van der Waals surface area contributed by atoms with E-state index in [1.54, 1.807) is 26.4 Å². The molecule has 0 heterocycles. The largest absolute Gasteiger partial charge is 0.497 e. The van der Waals surface area contributed by atoms with Crippen molar-refractivity contribution in [3.8, 4) is 5.75 Å². The Morgan fingerprint density at radius 1 is 1.20 bits per heavy atom. The van der Waals surface area contributed by atoms with E-state index in [1.807, 2.05) is 6.07 Å². The molecule has 0 radical (unpaired) electrons. The molecule has 0 fully saturated rings. The molecule has 4 heteroatoms. The number of esters is 1. The number of methoxy groups -OCH3 is 3. The van der Waals surface area contributed by atoms with E-state index >= 15 is 0 Å². The van der Waals surface area contributed by atoms with Crippen LogP contribution in [0.4, 0.5) is 0 Å². The maximum absolute atomic E-state index is 11.3. The van der Waals surface area contributed by atoms with Crippen molar-refractivity contribution in [2.75, 3.05) is 21.3 Å². The third kappa shape index (κ3) is 2.95. The Balaban J connectivity index is 3.05. The molecule has 0 atom stereocenters. The molecular weight excluding hydrogens is 196 g/mol. The monoisotopic (exact) mass is 210 g/mol. The molecule has 4 nitrogen and oxygen atoms in total. The number of hydrogen-bond donors (Lipinski definition) is 0. The second kappa shape index (κ2) is 5.36. The first kappa shape index (κ1) is 11.5. The van der Waals surface area contributed by atoms with Crippen LogP contribution in [0.2, 0.25) is 0 Å². The predicted molar refractivity (Wildman–Crippen MR) is 55.0 cm³/mol. The van der Waals surface area contributed by atoms with Gasteiger partial charge in [0.05, 0.1) is 26.4 Å². The molecule has 0 aliphatic rings. The quantitative estimate of drug-likeness (QED) is 0.708. The zero-order valence-corrected chi connectivity index (χ0v) is 9.07. The molecule has 0 unspecified atom stereocenters. The SMILES string of the molecule is COCc1cc(OC)cc(C(=O)OC)c1. The van der Waals surface area contributed by atoms with Crippen LogP contribution in [-0.4, -0.2) is 27.3 Å². The first-order valence-corrected chi connectivity index (χ1v) is 4.46. The molecule has 15 heavy (non-hydrogen) atoms. The van der Waals surface area contributed by atoms with Gasteiger partial charge >= 0.3 is 5.97 Å². The summed E-state index contributed by atoms with van der Waals surface area (Å²) in [7, 11) is 4.49. The molecule has 0 aliphatic heterocycles. The number of benzene rings is 1. The molecule has 0 aromatic heterocycles. The van der Waals surface area contributed by atoms with Crippen LogP contribution in [-0.2, 0) is 16.1 Å². The smallest absolute Gasteiger partial charge is 0.337 e. The normalized spacial score (nSPS) is 9.80.